The Hall–Kier alpha value is -0.860. The minimum absolute atomic E-state index is 0.0788. The lowest BCUT2D eigenvalue weighted by atomic mass is 9.72. The topological polar surface area (TPSA) is 35.2 Å². The van der Waals surface area contributed by atoms with Gasteiger partial charge in [-0.05, 0) is 49.7 Å². The monoisotopic (exact) mass is 231 g/mol. The maximum Gasteiger partial charge on any atom is 0.0805 e. The quantitative estimate of drug-likeness (QED) is 0.868. The summed E-state index contributed by atoms with van der Waals surface area (Å²) in [7, 11) is 0. The zero-order valence-corrected chi connectivity index (χ0v) is 10.5. The van der Waals surface area contributed by atoms with Crippen molar-refractivity contribution in [2.24, 2.45) is 5.73 Å². The molecule has 17 heavy (non-hydrogen) atoms. The van der Waals surface area contributed by atoms with E-state index in [-0.39, 0.29) is 11.6 Å². The number of nitrogens with two attached hydrogens (primary N) is 1. The van der Waals surface area contributed by atoms with Gasteiger partial charge in [-0.2, -0.15) is 0 Å². The Morgan fingerprint density at radius 2 is 2.29 bits per heavy atom. The molecule has 1 saturated heterocycles. The van der Waals surface area contributed by atoms with Crippen molar-refractivity contribution in [3.8, 4) is 0 Å². The first kappa shape index (κ1) is 11.2. The molecule has 3 atom stereocenters. The van der Waals surface area contributed by atoms with E-state index in [2.05, 4.69) is 31.2 Å². The van der Waals surface area contributed by atoms with Gasteiger partial charge in [0.1, 0.15) is 0 Å². The van der Waals surface area contributed by atoms with Crippen molar-refractivity contribution in [2.45, 2.75) is 50.2 Å². The first-order valence-electron chi connectivity index (χ1n) is 6.66. The number of fused-ring (bicyclic) bond motifs is 1. The molecule has 92 valence electrons. The molecule has 0 radical (unpaired) electrons. The SMILES string of the molecule is CC1(C(N)CC2Cc3ccccc32)CCCO1. The van der Waals surface area contributed by atoms with Gasteiger partial charge in [0, 0.05) is 12.6 Å². The molecular formula is C15H21NO. The van der Waals surface area contributed by atoms with E-state index in [0.29, 0.717) is 5.92 Å². The van der Waals surface area contributed by atoms with Gasteiger partial charge in [0.05, 0.1) is 5.60 Å². The Morgan fingerprint density at radius 3 is 3.00 bits per heavy atom. The molecule has 3 rings (SSSR count). The van der Waals surface area contributed by atoms with Gasteiger partial charge in [-0.15, -0.1) is 0 Å². The van der Waals surface area contributed by atoms with Crippen LogP contribution in [0.5, 0.6) is 0 Å². The van der Waals surface area contributed by atoms with Crippen molar-refractivity contribution >= 4 is 0 Å². The summed E-state index contributed by atoms with van der Waals surface area (Å²) < 4.78 is 5.83. The normalized spacial score (nSPS) is 32.9. The molecule has 0 aromatic heterocycles. The third-order valence-corrected chi connectivity index (χ3v) is 4.53. The third-order valence-electron chi connectivity index (χ3n) is 4.53. The van der Waals surface area contributed by atoms with Crippen LogP contribution in [0.25, 0.3) is 0 Å². The minimum Gasteiger partial charge on any atom is -0.374 e. The lowest BCUT2D eigenvalue weighted by Crippen LogP contribution is -2.46. The fourth-order valence-electron chi connectivity index (χ4n) is 3.22. The van der Waals surface area contributed by atoms with E-state index in [1.54, 1.807) is 0 Å². The van der Waals surface area contributed by atoms with Crippen LogP contribution >= 0.6 is 0 Å². The van der Waals surface area contributed by atoms with Crippen LogP contribution < -0.4 is 5.73 Å². The van der Waals surface area contributed by atoms with Gasteiger partial charge < -0.3 is 10.5 Å². The molecule has 1 aromatic rings. The largest absolute Gasteiger partial charge is 0.374 e. The van der Waals surface area contributed by atoms with E-state index >= 15 is 0 Å². The van der Waals surface area contributed by atoms with Crippen LogP contribution in [0.1, 0.15) is 43.2 Å². The van der Waals surface area contributed by atoms with Gasteiger partial charge in [-0.1, -0.05) is 24.3 Å². The molecule has 2 heteroatoms. The second-order valence-corrected chi connectivity index (χ2v) is 5.71. The summed E-state index contributed by atoms with van der Waals surface area (Å²) in [6, 6.07) is 8.89. The van der Waals surface area contributed by atoms with Crippen LogP contribution in [0.3, 0.4) is 0 Å². The molecule has 1 aliphatic carbocycles. The molecule has 2 N–H and O–H groups in total. The van der Waals surface area contributed by atoms with Crippen LogP contribution in [0.4, 0.5) is 0 Å². The minimum atomic E-state index is -0.0788. The van der Waals surface area contributed by atoms with Gasteiger partial charge >= 0.3 is 0 Å². The summed E-state index contributed by atoms with van der Waals surface area (Å²) in [5.74, 6) is 0.655. The highest BCUT2D eigenvalue weighted by atomic mass is 16.5. The van der Waals surface area contributed by atoms with Gasteiger partial charge in [0.2, 0.25) is 0 Å². The Morgan fingerprint density at radius 1 is 1.47 bits per heavy atom. The van der Waals surface area contributed by atoms with Crippen LogP contribution in [0, 0.1) is 0 Å². The number of ether oxygens (including phenoxy) is 1. The Balaban J connectivity index is 1.66. The molecule has 1 heterocycles. The average Bonchev–Trinajstić information content (AvgIpc) is 2.74. The molecule has 1 aromatic carbocycles. The van der Waals surface area contributed by atoms with E-state index in [4.69, 9.17) is 10.5 Å². The highest BCUT2D eigenvalue weighted by Crippen LogP contribution is 2.40. The zero-order valence-electron chi connectivity index (χ0n) is 10.5. The van der Waals surface area contributed by atoms with Gasteiger partial charge in [0.25, 0.3) is 0 Å². The highest BCUT2D eigenvalue weighted by molar-refractivity contribution is 5.40. The molecule has 1 aliphatic heterocycles. The molecular weight excluding hydrogens is 210 g/mol. The number of hydrogen-bond donors (Lipinski definition) is 1. The number of rotatable bonds is 3. The van der Waals surface area contributed by atoms with Crippen molar-refractivity contribution in [1.29, 1.82) is 0 Å². The summed E-state index contributed by atoms with van der Waals surface area (Å²) in [5, 5.41) is 0. The fraction of sp³-hybridized carbons (Fsp3) is 0.600. The number of hydrogen-bond acceptors (Lipinski definition) is 2. The molecule has 2 aliphatic rings. The second kappa shape index (κ2) is 4.11. The van der Waals surface area contributed by atoms with Gasteiger partial charge in [-0.3, -0.25) is 0 Å². The van der Waals surface area contributed by atoms with E-state index in [9.17, 15) is 0 Å². The lowest BCUT2D eigenvalue weighted by Gasteiger charge is -2.37. The molecule has 0 bridgehead atoms. The van der Waals surface area contributed by atoms with Gasteiger partial charge in [-0.25, -0.2) is 0 Å². The van der Waals surface area contributed by atoms with Crippen LogP contribution in [0.15, 0.2) is 24.3 Å². The first-order valence-corrected chi connectivity index (χ1v) is 6.66. The maximum atomic E-state index is 6.36. The van der Waals surface area contributed by atoms with E-state index in [0.717, 1.165) is 25.9 Å². The number of benzene rings is 1. The molecule has 2 nitrogen and oxygen atoms in total. The van der Waals surface area contributed by atoms with E-state index in [1.165, 1.54) is 17.5 Å². The third kappa shape index (κ3) is 1.90. The van der Waals surface area contributed by atoms with Crippen molar-refractivity contribution in [3.05, 3.63) is 35.4 Å². The van der Waals surface area contributed by atoms with Crippen LogP contribution in [0.2, 0.25) is 0 Å². The smallest absolute Gasteiger partial charge is 0.0805 e. The standard InChI is InChI=1S/C15H21NO/c1-15(7-4-8-17-15)14(16)10-12-9-11-5-2-3-6-13(11)12/h2-3,5-6,12,14H,4,7-10,16H2,1H3. The highest BCUT2D eigenvalue weighted by Gasteiger charge is 2.39. The Kier molecular flexibility index (Phi) is 2.72. The molecule has 0 amide bonds. The summed E-state index contributed by atoms with van der Waals surface area (Å²) in [6.07, 6.45) is 4.53. The molecule has 0 saturated carbocycles. The van der Waals surface area contributed by atoms with Crippen LogP contribution in [-0.4, -0.2) is 18.2 Å². The van der Waals surface area contributed by atoms with Gasteiger partial charge in [0.15, 0.2) is 0 Å². The molecule has 0 spiro atoms. The lowest BCUT2D eigenvalue weighted by molar-refractivity contribution is -0.00527. The first-order chi connectivity index (χ1) is 8.19. The molecule has 1 fully saturated rings. The summed E-state index contributed by atoms with van der Waals surface area (Å²) >= 11 is 0. The fourth-order valence-corrected chi connectivity index (χ4v) is 3.22. The van der Waals surface area contributed by atoms with Crippen molar-refractivity contribution in [3.63, 3.8) is 0 Å². The summed E-state index contributed by atoms with van der Waals surface area (Å²) in [6.45, 7) is 3.06. The Labute approximate surface area is 103 Å². The van der Waals surface area contributed by atoms with Crippen LogP contribution in [-0.2, 0) is 11.2 Å². The maximum absolute atomic E-state index is 6.36. The van der Waals surface area contributed by atoms with Crippen molar-refractivity contribution in [1.82, 2.24) is 0 Å². The predicted octanol–water partition coefficient (Wildman–Crippen LogP) is 2.61. The second-order valence-electron chi connectivity index (χ2n) is 5.71. The summed E-state index contributed by atoms with van der Waals surface area (Å²) in [5.41, 5.74) is 9.28. The van der Waals surface area contributed by atoms with E-state index < -0.39 is 0 Å². The van der Waals surface area contributed by atoms with Crippen molar-refractivity contribution in [2.75, 3.05) is 6.61 Å². The van der Waals surface area contributed by atoms with Crippen molar-refractivity contribution < 1.29 is 4.74 Å². The predicted molar refractivity (Wildman–Crippen MR) is 69.1 cm³/mol. The Bertz CT molecular complexity index is 409. The average molecular weight is 231 g/mol. The molecule has 3 unspecified atom stereocenters. The summed E-state index contributed by atoms with van der Waals surface area (Å²) in [4.78, 5) is 0. The zero-order chi connectivity index (χ0) is 11.9. The van der Waals surface area contributed by atoms with E-state index in [1.807, 2.05) is 0 Å².